The van der Waals surface area contributed by atoms with Gasteiger partial charge in [-0.2, -0.15) is 0 Å². The molecule has 0 saturated carbocycles. The van der Waals surface area contributed by atoms with Crippen LogP contribution in [-0.2, 0) is 6.54 Å². The number of fused-ring (bicyclic) bond motifs is 1. The average molecular weight is 162 g/mol. The van der Waals surface area contributed by atoms with Gasteiger partial charge in [-0.05, 0) is 11.6 Å². The van der Waals surface area contributed by atoms with Crippen molar-refractivity contribution in [1.29, 1.82) is 0 Å². The molecule has 0 aliphatic carbocycles. The van der Waals surface area contributed by atoms with Crippen LogP contribution in [0.2, 0.25) is 0 Å². The van der Waals surface area contributed by atoms with Crippen LogP contribution in [0.4, 0.5) is 5.69 Å². The normalized spacial score (nSPS) is 13.0. The molecule has 12 heavy (non-hydrogen) atoms. The van der Waals surface area contributed by atoms with Gasteiger partial charge in [-0.3, -0.25) is 15.1 Å². The molecule has 0 N–H and O–H groups in total. The Bertz CT molecular complexity index is 371. The number of rotatable bonds is 1. The number of nitro benzene ring substituents is 1. The van der Waals surface area contributed by atoms with Crippen molar-refractivity contribution in [3.05, 3.63) is 39.4 Å². The highest BCUT2D eigenvalue weighted by atomic mass is 16.6. The molecule has 4 heteroatoms. The van der Waals surface area contributed by atoms with Gasteiger partial charge in [0.15, 0.2) is 0 Å². The molecule has 0 radical (unpaired) electrons. The van der Waals surface area contributed by atoms with E-state index in [9.17, 15) is 10.1 Å². The molecule has 60 valence electrons. The molecular formula is C8H6N2O2. The minimum absolute atomic E-state index is 0.127. The van der Waals surface area contributed by atoms with Gasteiger partial charge in [-0.25, -0.2) is 0 Å². The van der Waals surface area contributed by atoms with Gasteiger partial charge in [-0.1, -0.05) is 0 Å². The van der Waals surface area contributed by atoms with Crippen LogP contribution in [0.15, 0.2) is 23.2 Å². The van der Waals surface area contributed by atoms with Gasteiger partial charge < -0.3 is 0 Å². The molecular weight excluding hydrogens is 156 g/mol. The van der Waals surface area contributed by atoms with Crippen molar-refractivity contribution in [3.8, 4) is 0 Å². The Balaban J connectivity index is 2.51. The molecule has 1 aromatic carbocycles. The second kappa shape index (κ2) is 2.41. The Labute approximate surface area is 68.7 Å². The Morgan fingerprint density at radius 3 is 3.08 bits per heavy atom. The first-order valence-electron chi connectivity index (χ1n) is 3.54. The summed E-state index contributed by atoms with van der Waals surface area (Å²) in [5.41, 5.74) is 2.05. The largest absolute Gasteiger partial charge is 0.288 e. The highest BCUT2D eigenvalue weighted by Crippen LogP contribution is 2.20. The van der Waals surface area contributed by atoms with Crippen molar-refractivity contribution in [2.45, 2.75) is 6.54 Å². The third kappa shape index (κ3) is 0.972. The third-order valence-electron chi connectivity index (χ3n) is 1.83. The molecule has 2 rings (SSSR count). The second-order valence-electron chi connectivity index (χ2n) is 2.61. The number of hydrogen-bond donors (Lipinski definition) is 0. The van der Waals surface area contributed by atoms with E-state index in [0.29, 0.717) is 6.54 Å². The van der Waals surface area contributed by atoms with E-state index in [0.717, 1.165) is 11.1 Å². The van der Waals surface area contributed by atoms with E-state index in [1.165, 1.54) is 6.07 Å². The third-order valence-corrected chi connectivity index (χ3v) is 1.83. The molecule has 0 atom stereocenters. The van der Waals surface area contributed by atoms with Crippen molar-refractivity contribution in [3.63, 3.8) is 0 Å². The maximum absolute atomic E-state index is 10.4. The summed E-state index contributed by atoms with van der Waals surface area (Å²) in [6.45, 7) is 0.646. The fourth-order valence-electron chi connectivity index (χ4n) is 1.20. The number of hydrogen-bond acceptors (Lipinski definition) is 3. The Kier molecular flexibility index (Phi) is 1.40. The van der Waals surface area contributed by atoms with Gasteiger partial charge in [0.25, 0.3) is 5.69 Å². The minimum Gasteiger partial charge on any atom is -0.288 e. The zero-order valence-corrected chi connectivity index (χ0v) is 6.23. The summed E-state index contributed by atoms with van der Waals surface area (Å²) < 4.78 is 0. The Hall–Kier alpha value is -1.71. The first kappa shape index (κ1) is 6.97. The predicted molar refractivity (Wildman–Crippen MR) is 44.4 cm³/mol. The van der Waals surface area contributed by atoms with E-state index in [2.05, 4.69) is 4.99 Å². The van der Waals surface area contributed by atoms with Crippen LogP contribution in [0.25, 0.3) is 0 Å². The second-order valence-corrected chi connectivity index (χ2v) is 2.61. The van der Waals surface area contributed by atoms with Gasteiger partial charge >= 0.3 is 0 Å². The SMILES string of the molecule is O=[N+]([O-])c1ccc2c(c1)C=NC2. The Morgan fingerprint density at radius 1 is 1.50 bits per heavy atom. The van der Waals surface area contributed by atoms with Gasteiger partial charge in [0, 0.05) is 23.9 Å². The summed E-state index contributed by atoms with van der Waals surface area (Å²) in [5, 5.41) is 10.4. The molecule has 1 aromatic rings. The van der Waals surface area contributed by atoms with Gasteiger partial charge in [-0.15, -0.1) is 0 Å². The Morgan fingerprint density at radius 2 is 2.33 bits per heavy atom. The number of aliphatic imine (C=N–C) groups is 1. The van der Waals surface area contributed by atoms with Crippen LogP contribution in [0.5, 0.6) is 0 Å². The molecule has 0 saturated heterocycles. The summed E-state index contributed by atoms with van der Waals surface area (Å²) in [5.74, 6) is 0. The zero-order chi connectivity index (χ0) is 8.55. The quantitative estimate of drug-likeness (QED) is 0.464. The standard InChI is InChI=1S/C8H6N2O2/c11-10(12)8-2-1-6-4-9-5-7(6)3-8/h1-3,5H,4H2. The smallest absolute Gasteiger partial charge is 0.270 e. The van der Waals surface area contributed by atoms with E-state index in [1.807, 2.05) is 0 Å². The number of nitro groups is 1. The van der Waals surface area contributed by atoms with E-state index in [1.54, 1.807) is 18.3 Å². The number of nitrogens with zero attached hydrogens (tertiary/aromatic N) is 2. The first-order valence-corrected chi connectivity index (χ1v) is 3.54. The lowest BCUT2D eigenvalue weighted by Gasteiger charge is -1.95. The zero-order valence-electron chi connectivity index (χ0n) is 6.23. The van der Waals surface area contributed by atoms with E-state index >= 15 is 0 Å². The van der Waals surface area contributed by atoms with Crippen LogP contribution in [0.1, 0.15) is 11.1 Å². The number of non-ortho nitro benzene ring substituents is 1. The lowest BCUT2D eigenvalue weighted by atomic mass is 10.1. The molecule has 0 spiro atoms. The van der Waals surface area contributed by atoms with Crippen molar-refractivity contribution < 1.29 is 4.92 Å². The van der Waals surface area contributed by atoms with Crippen LogP contribution < -0.4 is 0 Å². The van der Waals surface area contributed by atoms with Crippen LogP contribution in [0, 0.1) is 10.1 Å². The lowest BCUT2D eigenvalue weighted by Crippen LogP contribution is -1.90. The summed E-state index contributed by atoms with van der Waals surface area (Å²) in [4.78, 5) is 14.0. The summed E-state index contributed by atoms with van der Waals surface area (Å²) in [7, 11) is 0. The molecule has 1 heterocycles. The highest BCUT2D eigenvalue weighted by Gasteiger charge is 2.11. The molecule has 0 amide bonds. The maximum atomic E-state index is 10.4. The van der Waals surface area contributed by atoms with Crippen LogP contribution >= 0.6 is 0 Å². The molecule has 0 aromatic heterocycles. The minimum atomic E-state index is -0.396. The highest BCUT2D eigenvalue weighted by molar-refractivity contribution is 5.85. The van der Waals surface area contributed by atoms with E-state index < -0.39 is 4.92 Å². The number of benzene rings is 1. The van der Waals surface area contributed by atoms with Crippen molar-refractivity contribution >= 4 is 11.9 Å². The molecule has 0 fully saturated rings. The molecule has 0 unspecified atom stereocenters. The molecule has 1 aliphatic rings. The lowest BCUT2D eigenvalue weighted by molar-refractivity contribution is -0.384. The topological polar surface area (TPSA) is 55.5 Å². The van der Waals surface area contributed by atoms with Crippen LogP contribution in [0.3, 0.4) is 0 Å². The summed E-state index contributed by atoms with van der Waals surface area (Å²) in [6.07, 6.45) is 1.67. The maximum Gasteiger partial charge on any atom is 0.270 e. The van der Waals surface area contributed by atoms with E-state index in [-0.39, 0.29) is 5.69 Å². The van der Waals surface area contributed by atoms with Gasteiger partial charge in [0.1, 0.15) is 0 Å². The predicted octanol–water partition coefficient (Wildman–Crippen LogP) is 1.53. The van der Waals surface area contributed by atoms with Crippen molar-refractivity contribution in [1.82, 2.24) is 0 Å². The van der Waals surface area contributed by atoms with Crippen molar-refractivity contribution in [2.24, 2.45) is 4.99 Å². The van der Waals surface area contributed by atoms with Gasteiger partial charge in [0.2, 0.25) is 0 Å². The summed E-state index contributed by atoms with van der Waals surface area (Å²) in [6, 6.07) is 4.81. The first-order chi connectivity index (χ1) is 5.77. The van der Waals surface area contributed by atoms with E-state index in [4.69, 9.17) is 0 Å². The van der Waals surface area contributed by atoms with Crippen molar-refractivity contribution in [2.75, 3.05) is 0 Å². The van der Waals surface area contributed by atoms with Crippen LogP contribution in [-0.4, -0.2) is 11.1 Å². The van der Waals surface area contributed by atoms with Gasteiger partial charge in [0.05, 0.1) is 11.5 Å². The molecule has 4 nitrogen and oxygen atoms in total. The molecule has 0 bridgehead atoms. The fourth-order valence-corrected chi connectivity index (χ4v) is 1.20. The summed E-state index contributed by atoms with van der Waals surface area (Å²) >= 11 is 0. The fraction of sp³-hybridized carbons (Fsp3) is 0.125. The molecule has 1 aliphatic heterocycles. The monoisotopic (exact) mass is 162 g/mol. The average Bonchev–Trinajstić information content (AvgIpc) is 2.49.